The summed E-state index contributed by atoms with van der Waals surface area (Å²) in [5.41, 5.74) is 0. The minimum Gasteiger partial charge on any atom is -0.480 e. The lowest BCUT2D eigenvalue weighted by atomic mass is 9.84. The van der Waals surface area contributed by atoms with Gasteiger partial charge in [0.05, 0.1) is 6.54 Å². The number of nitrogens with zero attached hydrogens (tertiary/aromatic N) is 1. The molecule has 1 heterocycles. The molecule has 0 aromatic heterocycles. The quantitative estimate of drug-likeness (QED) is 0.618. The molecule has 3 N–H and O–H groups in total. The number of carbonyl (C=O) groups is 1. The Morgan fingerprint density at radius 1 is 1.25 bits per heavy atom. The molecule has 2 fully saturated rings. The van der Waals surface area contributed by atoms with Crippen molar-refractivity contribution in [3.05, 3.63) is 0 Å². The molecule has 2 aliphatic rings. The van der Waals surface area contributed by atoms with Crippen molar-refractivity contribution in [2.24, 2.45) is 11.8 Å². The average Bonchev–Trinajstić information content (AvgIpc) is 2.33. The zero-order valence-corrected chi connectivity index (χ0v) is 12.3. The SMILES string of the molecule is O=C(O)CN1CC(CCCO)CC(NCC2CCC2)C1. The van der Waals surface area contributed by atoms with E-state index in [1.807, 2.05) is 4.90 Å². The van der Waals surface area contributed by atoms with E-state index in [0.29, 0.717) is 12.0 Å². The highest BCUT2D eigenvalue weighted by molar-refractivity contribution is 5.69. The number of nitrogens with one attached hydrogen (secondary N) is 1. The minimum absolute atomic E-state index is 0.136. The van der Waals surface area contributed by atoms with Gasteiger partial charge in [0.15, 0.2) is 0 Å². The van der Waals surface area contributed by atoms with Crippen LogP contribution < -0.4 is 5.32 Å². The van der Waals surface area contributed by atoms with Crippen molar-refractivity contribution in [3.8, 4) is 0 Å². The Bertz CT molecular complexity index is 307. The zero-order chi connectivity index (χ0) is 14.4. The van der Waals surface area contributed by atoms with Crippen LogP contribution in [0.25, 0.3) is 0 Å². The van der Waals surface area contributed by atoms with Crippen LogP contribution in [-0.2, 0) is 4.79 Å². The second-order valence-corrected chi connectivity index (χ2v) is 6.46. The predicted molar refractivity (Wildman–Crippen MR) is 77.6 cm³/mol. The van der Waals surface area contributed by atoms with Gasteiger partial charge in [0.2, 0.25) is 0 Å². The fourth-order valence-corrected chi connectivity index (χ4v) is 3.39. The molecule has 0 aromatic rings. The summed E-state index contributed by atoms with van der Waals surface area (Å²) in [5, 5.41) is 21.6. The Hall–Kier alpha value is -0.650. The van der Waals surface area contributed by atoms with Gasteiger partial charge in [-0.25, -0.2) is 0 Å². The Kier molecular flexibility index (Phi) is 6.26. The number of carboxylic acids is 1. The van der Waals surface area contributed by atoms with Crippen LogP contribution in [-0.4, -0.2) is 59.9 Å². The molecule has 1 aliphatic carbocycles. The van der Waals surface area contributed by atoms with Crippen LogP contribution in [0, 0.1) is 11.8 Å². The fourth-order valence-electron chi connectivity index (χ4n) is 3.39. The smallest absolute Gasteiger partial charge is 0.317 e. The normalized spacial score (nSPS) is 28.2. The maximum Gasteiger partial charge on any atom is 0.317 e. The number of aliphatic hydroxyl groups excluding tert-OH is 1. The molecule has 5 heteroatoms. The van der Waals surface area contributed by atoms with E-state index in [-0.39, 0.29) is 13.2 Å². The number of aliphatic carboxylic acids is 1. The van der Waals surface area contributed by atoms with Gasteiger partial charge in [-0.05, 0) is 50.5 Å². The Balaban J connectivity index is 1.79. The fraction of sp³-hybridized carbons (Fsp3) is 0.933. The predicted octanol–water partition coefficient (Wildman–Crippen LogP) is 0.924. The van der Waals surface area contributed by atoms with E-state index in [1.165, 1.54) is 19.3 Å². The van der Waals surface area contributed by atoms with Crippen molar-refractivity contribution in [3.63, 3.8) is 0 Å². The van der Waals surface area contributed by atoms with Crippen molar-refractivity contribution >= 4 is 5.97 Å². The molecule has 0 radical (unpaired) electrons. The van der Waals surface area contributed by atoms with Gasteiger partial charge in [-0.15, -0.1) is 0 Å². The third-order valence-corrected chi connectivity index (χ3v) is 4.66. The number of rotatable bonds is 8. The first-order valence-electron chi connectivity index (χ1n) is 7.95. The number of piperidine rings is 1. The number of hydrogen-bond donors (Lipinski definition) is 3. The monoisotopic (exact) mass is 284 g/mol. The molecule has 2 atom stereocenters. The first-order valence-corrected chi connectivity index (χ1v) is 7.95. The number of likely N-dealkylation sites (tertiary alicyclic amines) is 1. The lowest BCUT2D eigenvalue weighted by molar-refractivity contribution is -0.138. The Morgan fingerprint density at radius 2 is 2.05 bits per heavy atom. The van der Waals surface area contributed by atoms with Gasteiger partial charge in [-0.1, -0.05) is 6.42 Å². The van der Waals surface area contributed by atoms with E-state index in [4.69, 9.17) is 10.2 Å². The molecular weight excluding hydrogens is 256 g/mol. The molecule has 1 saturated heterocycles. The van der Waals surface area contributed by atoms with Gasteiger partial charge < -0.3 is 15.5 Å². The van der Waals surface area contributed by atoms with Gasteiger partial charge in [0, 0.05) is 25.7 Å². The second kappa shape index (κ2) is 7.96. The molecule has 116 valence electrons. The van der Waals surface area contributed by atoms with Crippen molar-refractivity contribution in [2.75, 3.05) is 32.8 Å². The number of aliphatic hydroxyl groups is 1. The summed E-state index contributed by atoms with van der Waals surface area (Å²) in [6.07, 6.45) is 6.97. The summed E-state index contributed by atoms with van der Waals surface area (Å²) in [4.78, 5) is 13.0. The molecule has 20 heavy (non-hydrogen) atoms. The Morgan fingerprint density at radius 3 is 2.65 bits per heavy atom. The molecule has 0 amide bonds. The Labute approximate surface area is 121 Å². The molecular formula is C15H28N2O3. The first kappa shape index (κ1) is 15.7. The summed E-state index contributed by atoms with van der Waals surface area (Å²) in [6.45, 7) is 3.15. The van der Waals surface area contributed by atoms with Crippen molar-refractivity contribution in [2.45, 2.75) is 44.6 Å². The maximum absolute atomic E-state index is 10.9. The number of hydrogen-bond acceptors (Lipinski definition) is 4. The van der Waals surface area contributed by atoms with Crippen LogP contribution in [0.5, 0.6) is 0 Å². The lowest BCUT2D eigenvalue weighted by Gasteiger charge is -2.38. The van der Waals surface area contributed by atoms with E-state index >= 15 is 0 Å². The highest BCUT2D eigenvalue weighted by Crippen LogP contribution is 2.26. The summed E-state index contributed by atoms with van der Waals surface area (Å²) in [5.74, 6) is 0.598. The second-order valence-electron chi connectivity index (χ2n) is 6.46. The van der Waals surface area contributed by atoms with Gasteiger partial charge in [-0.2, -0.15) is 0 Å². The van der Waals surface area contributed by atoms with Crippen LogP contribution >= 0.6 is 0 Å². The average molecular weight is 284 g/mol. The molecule has 2 unspecified atom stereocenters. The van der Waals surface area contributed by atoms with E-state index in [1.54, 1.807) is 0 Å². The lowest BCUT2D eigenvalue weighted by Crippen LogP contribution is -2.51. The van der Waals surface area contributed by atoms with Crippen LogP contribution in [0.4, 0.5) is 0 Å². The molecule has 5 nitrogen and oxygen atoms in total. The van der Waals surface area contributed by atoms with E-state index in [0.717, 1.165) is 44.8 Å². The topological polar surface area (TPSA) is 72.8 Å². The van der Waals surface area contributed by atoms with Crippen LogP contribution in [0.1, 0.15) is 38.5 Å². The van der Waals surface area contributed by atoms with Crippen LogP contribution in [0.2, 0.25) is 0 Å². The summed E-state index contributed by atoms with van der Waals surface area (Å²) >= 11 is 0. The van der Waals surface area contributed by atoms with Crippen LogP contribution in [0.15, 0.2) is 0 Å². The molecule has 0 bridgehead atoms. The van der Waals surface area contributed by atoms with Crippen molar-refractivity contribution < 1.29 is 15.0 Å². The van der Waals surface area contributed by atoms with E-state index in [9.17, 15) is 4.79 Å². The highest BCUT2D eigenvalue weighted by Gasteiger charge is 2.28. The molecule has 0 spiro atoms. The third kappa shape index (κ3) is 5.04. The third-order valence-electron chi connectivity index (χ3n) is 4.66. The van der Waals surface area contributed by atoms with Gasteiger partial charge >= 0.3 is 5.97 Å². The van der Waals surface area contributed by atoms with Crippen molar-refractivity contribution in [1.29, 1.82) is 0 Å². The highest BCUT2D eigenvalue weighted by atomic mass is 16.4. The number of carboxylic acid groups (broad SMARTS) is 1. The largest absolute Gasteiger partial charge is 0.480 e. The minimum atomic E-state index is -0.745. The summed E-state index contributed by atoms with van der Waals surface area (Å²) in [6, 6.07) is 0.410. The van der Waals surface area contributed by atoms with Gasteiger partial charge in [-0.3, -0.25) is 9.69 Å². The molecule has 2 rings (SSSR count). The molecule has 0 aromatic carbocycles. The first-order chi connectivity index (χ1) is 9.67. The summed E-state index contributed by atoms with van der Waals surface area (Å²) in [7, 11) is 0. The summed E-state index contributed by atoms with van der Waals surface area (Å²) < 4.78 is 0. The van der Waals surface area contributed by atoms with Gasteiger partial charge in [0.1, 0.15) is 0 Å². The van der Waals surface area contributed by atoms with Crippen molar-refractivity contribution in [1.82, 2.24) is 10.2 Å². The molecule has 1 aliphatic heterocycles. The maximum atomic E-state index is 10.9. The van der Waals surface area contributed by atoms with E-state index < -0.39 is 5.97 Å². The van der Waals surface area contributed by atoms with E-state index in [2.05, 4.69) is 5.32 Å². The van der Waals surface area contributed by atoms with Gasteiger partial charge in [0.25, 0.3) is 0 Å². The molecule has 1 saturated carbocycles. The van der Waals surface area contributed by atoms with Crippen LogP contribution in [0.3, 0.4) is 0 Å². The standard InChI is InChI=1S/C15H28N2O3/c18-6-2-5-13-7-14(16-8-12-3-1-4-12)10-17(9-13)11-15(19)20/h12-14,16,18H,1-11H2,(H,19,20). The zero-order valence-electron chi connectivity index (χ0n) is 12.3.